The number of halogens is 2. The predicted molar refractivity (Wildman–Crippen MR) is 113 cm³/mol. The fourth-order valence-electron chi connectivity index (χ4n) is 3.36. The maximum atomic E-state index is 4.88. The maximum Gasteiger partial charge on any atom is 0.160 e. The fourth-order valence-corrected chi connectivity index (χ4v) is 3.85. The molecule has 27 heavy (non-hydrogen) atoms. The van der Waals surface area contributed by atoms with Gasteiger partial charge in [0.05, 0.1) is 29.9 Å². The van der Waals surface area contributed by atoms with Gasteiger partial charge >= 0.3 is 0 Å². The molecule has 0 saturated carbocycles. The summed E-state index contributed by atoms with van der Waals surface area (Å²) in [5, 5.41) is 4.80. The molecule has 0 bridgehead atoms. The third-order valence-corrected chi connectivity index (χ3v) is 5.33. The number of hydrogen-bond donors (Lipinski definition) is 0. The Kier molecular flexibility index (Phi) is 4.73. The number of benzene rings is 1. The van der Waals surface area contributed by atoms with E-state index in [1.165, 1.54) is 3.57 Å². The van der Waals surface area contributed by atoms with Crippen molar-refractivity contribution in [2.24, 2.45) is 0 Å². The van der Waals surface area contributed by atoms with Crippen molar-refractivity contribution in [3.05, 3.63) is 75.4 Å². The molecule has 0 radical (unpaired) electrons. The molecule has 136 valence electrons. The van der Waals surface area contributed by atoms with Crippen molar-refractivity contribution < 1.29 is 0 Å². The van der Waals surface area contributed by atoms with Crippen LogP contribution in [0.15, 0.2) is 49.1 Å². The van der Waals surface area contributed by atoms with Crippen molar-refractivity contribution in [1.82, 2.24) is 29.3 Å². The lowest BCUT2D eigenvalue weighted by Crippen LogP contribution is -2.06. The molecule has 4 aromatic rings. The Morgan fingerprint density at radius 2 is 1.96 bits per heavy atom. The van der Waals surface area contributed by atoms with E-state index in [2.05, 4.69) is 55.3 Å². The number of aromatic nitrogens is 6. The largest absolute Gasteiger partial charge is 0.300 e. The molecule has 0 spiro atoms. The number of imidazole rings is 1. The summed E-state index contributed by atoms with van der Waals surface area (Å²) in [7, 11) is 0. The minimum Gasteiger partial charge on any atom is -0.300 e. The van der Waals surface area contributed by atoms with Crippen LogP contribution in [-0.4, -0.2) is 29.3 Å². The molecule has 0 atom stereocenters. The third kappa shape index (κ3) is 3.14. The monoisotopic (exact) mass is 490 g/mol. The molecule has 1 aromatic carbocycles. The molecule has 0 N–H and O–H groups in total. The Morgan fingerprint density at radius 1 is 1.15 bits per heavy atom. The molecule has 1 aliphatic rings. The second kappa shape index (κ2) is 7.05. The smallest absolute Gasteiger partial charge is 0.160 e. The number of fused-ring (bicyclic) bond motifs is 5. The SMILES string of the molecule is Cc1ncn2c1Cn1nc(Cc3ccncc3)nc1-c1cc(I)ccc1-2.Cl. The van der Waals surface area contributed by atoms with Gasteiger partial charge in [0, 0.05) is 27.9 Å². The average molecular weight is 491 g/mol. The average Bonchev–Trinajstić information content (AvgIpc) is 3.17. The molecule has 0 unspecified atom stereocenters. The lowest BCUT2D eigenvalue weighted by Gasteiger charge is -2.08. The topological polar surface area (TPSA) is 61.4 Å². The van der Waals surface area contributed by atoms with Gasteiger partial charge < -0.3 is 4.57 Å². The summed E-state index contributed by atoms with van der Waals surface area (Å²) in [6.07, 6.45) is 6.19. The van der Waals surface area contributed by atoms with E-state index in [9.17, 15) is 0 Å². The molecule has 1 aliphatic heterocycles. The van der Waals surface area contributed by atoms with Gasteiger partial charge in [0.2, 0.25) is 0 Å². The molecule has 4 heterocycles. The molecule has 0 fully saturated rings. The van der Waals surface area contributed by atoms with Gasteiger partial charge in [-0.3, -0.25) is 4.98 Å². The van der Waals surface area contributed by atoms with Crippen LogP contribution in [0, 0.1) is 10.5 Å². The molecule has 6 nitrogen and oxygen atoms in total. The number of nitrogens with zero attached hydrogens (tertiary/aromatic N) is 6. The van der Waals surface area contributed by atoms with E-state index in [1.54, 1.807) is 12.4 Å². The minimum absolute atomic E-state index is 0. The van der Waals surface area contributed by atoms with Crippen LogP contribution in [0.1, 0.15) is 22.8 Å². The van der Waals surface area contributed by atoms with Crippen molar-refractivity contribution >= 4 is 35.0 Å². The first kappa shape index (κ1) is 18.1. The Bertz CT molecular complexity index is 1120. The first-order valence-corrected chi connectivity index (χ1v) is 9.42. The molecule has 5 rings (SSSR count). The van der Waals surface area contributed by atoms with Crippen molar-refractivity contribution in [2.75, 3.05) is 0 Å². The number of aryl methyl sites for hydroxylation is 1. The molecule has 0 aliphatic carbocycles. The summed E-state index contributed by atoms with van der Waals surface area (Å²) < 4.78 is 5.32. The lowest BCUT2D eigenvalue weighted by molar-refractivity contribution is 0.664. The predicted octanol–water partition coefficient (Wildman–Crippen LogP) is 3.81. The fraction of sp³-hybridized carbons (Fsp3) is 0.158. The van der Waals surface area contributed by atoms with Crippen LogP contribution in [0.4, 0.5) is 0 Å². The summed E-state index contributed by atoms with van der Waals surface area (Å²) in [5.74, 6) is 1.73. The Morgan fingerprint density at radius 3 is 2.78 bits per heavy atom. The van der Waals surface area contributed by atoms with Gasteiger partial charge in [-0.1, -0.05) is 0 Å². The molecule has 0 saturated heterocycles. The van der Waals surface area contributed by atoms with Crippen LogP contribution in [0.3, 0.4) is 0 Å². The summed E-state index contributed by atoms with van der Waals surface area (Å²) in [6, 6.07) is 10.4. The Balaban J connectivity index is 0.00000180. The second-order valence-electron chi connectivity index (χ2n) is 6.35. The molecular weight excluding hydrogens is 475 g/mol. The van der Waals surface area contributed by atoms with Crippen LogP contribution < -0.4 is 0 Å². The van der Waals surface area contributed by atoms with Gasteiger partial charge in [-0.25, -0.2) is 14.6 Å². The van der Waals surface area contributed by atoms with E-state index in [-0.39, 0.29) is 12.4 Å². The van der Waals surface area contributed by atoms with E-state index in [1.807, 2.05) is 30.1 Å². The van der Waals surface area contributed by atoms with Gasteiger partial charge in [0.25, 0.3) is 0 Å². The highest BCUT2D eigenvalue weighted by atomic mass is 127. The van der Waals surface area contributed by atoms with Crippen molar-refractivity contribution in [3.63, 3.8) is 0 Å². The van der Waals surface area contributed by atoms with Crippen molar-refractivity contribution in [2.45, 2.75) is 19.9 Å². The quantitative estimate of drug-likeness (QED) is 0.353. The summed E-state index contributed by atoms with van der Waals surface area (Å²) >= 11 is 2.34. The van der Waals surface area contributed by atoms with Crippen LogP contribution in [-0.2, 0) is 13.0 Å². The van der Waals surface area contributed by atoms with Crippen LogP contribution in [0.5, 0.6) is 0 Å². The minimum atomic E-state index is 0. The van der Waals surface area contributed by atoms with Gasteiger partial charge in [-0.05, 0) is 65.4 Å². The maximum absolute atomic E-state index is 4.88. The van der Waals surface area contributed by atoms with E-state index >= 15 is 0 Å². The van der Waals surface area contributed by atoms with Crippen LogP contribution in [0.2, 0.25) is 0 Å². The molecule has 8 heteroatoms. The summed E-state index contributed by atoms with van der Waals surface area (Å²) in [4.78, 5) is 13.5. The lowest BCUT2D eigenvalue weighted by atomic mass is 10.1. The highest BCUT2D eigenvalue weighted by Crippen LogP contribution is 2.32. The van der Waals surface area contributed by atoms with Crippen molar-refractivity contribution in [3.8, 4) is 17.1 Å². The van der Waals surface area contributed by atoms with Crippen LogP contribution in [0.25, 0.3) is 17.1 Å². The number of rotatable bonds is 2. The Labute approximate surface area is 176 Å². The number of pyridine rings is 1. The number of hydrogen-bond acceptors (Lipinski definition) is 4. The molecule has 3 aromatic heterocycles. The zero-order chi connectivity index (χ0) is 17.7. The first-order chi connectivity index (χ1) is 12.7. The summed E-state index contributed by atoms with van der Waals surface area (Å²) in [5.41, 5.74) is 5.51. The van der Waals surface area contributed by atoms with E-state index in [4.69, 9.17) is 10.1 Å². The van der Waals surface area contributed by atoms with E-state index in [0.717, 1.165) is 39.9 Å². The van der Waals surface area contributed by atoms with Gasteiger partial charge in [-0.2, -0.15) is 5.10 Å². The standard InChI is InChI=1S/C19H15IN6.ClH/c1-12-17-10-26-19(23-18(24-26)8-13-4-6-21-7-5-13)15-9-14(20)2-3-16(15)25(17)11-22-12;/h2-7,9,11H,8,10H2,1H3;1H. The Hall–Kier alpha value is -2.26. The zero-order valence-corrected chi connectivity index (χ0v) is 17.5. The zero-order valence-electron chi connectivity index (χ0n) is 14.5. The van der Waals surface area contributed by atoms with E-state index < -0.39 is 0 Å². The van der Waals surface area contributed by atoms with Crippen molar-refractivity contribution in [1.29, 1.82) is 0 Å². The third-order valence-electron chi connectivity index (χ3n) is 4.66. The molecular formula is C19H16ClIN6. The van der Waals surface area contributed by atoms with Gasteiger partial charge in [0.15, 0.2) is 11.6 Å². The normalized spacial score (nSPS) is 11.8. The highest BCUT2D eigenvalue weighted by Gasteiger charge is 2.24. The second-order valence-corrected chi connectivity index (χ2v) is 7.60. The first-order valence-electron chi connectivity index (χ1n) is 8.35. The van der Waals surface area contributed by atoms with E-state index in [0.29, 0.717) is 13.0 Å². The summed E-state index contributed by atoms with van der Waals surface area (Å²) in [6.45, 7) is 2.70. The highest BCUT2D eigenvalue weighted by molar-refractivity contribution is 14.1. The van der Waals surface area contributed by atoms with Crippen LogP contribution >= 0.6 is 35.0 Å². The molecule has 0 amide bonds. The van der Waals surface area contributed by atoms with Gasteiger partial charge in [-0.15, -0.1) is 12.4 Å². The van der Waals surface area contributed by atoms with Gasteiger partial charge in [0.1, 0.15) is 0 Å².